The van der Waals surface area contributed by atoms with Gasteiger partial charge in [0.05, 0.1) is 0 Å². The van der Waals surface area contributed by atoms with Crippen molar-refractivity contribution >= 4 is 5.91 Å². The predicted octanol–water partition coefficient (Wildman–Crippen LogP) is 3.43. The van der Waals surface area contributed by atoms with E-state index in [1.165, 1.54) is 12.1 Å². The fraction of sp³-hybridized carbons (Fsp3) is 0.533. The maximum absolute atomic E-state index is 12.5. The summed E-state index contributed by atoms with van der Waals surface area (Å²) in [6, 6.07) is 6.08. The van der Waals surface area contributed by atoms with Gasteiger partial charge in [0.25, 0.3) is 0 Å². The normalized spacial score (nSPS) is 22.5. The van der Waals surface area contributed by atoms with E-state index in [9.17, 15) is 18.0 Å². The maximum Gasteiger partial charge on any atom is 0.573 e. The highest BCUT2D eigenvalue weighted by Gasteiger charge is 2.41. The van der Waals surface area contributed by atoms with Crippen LogP contribution in [0.3, 0.4) is 0 Å². The van der Waals surface area contributed by atoms with Gasteiger partial charge in [0, 0.05) is 12.0 Å². The smallest absolute Gasteiger partial charge is 0.406 e. The lowest BCUT2D eigenvalue weighted by molar-refractivity contribution is -0.275. The number of carbonyl (C=O) groups excluding carboxylic acids is 1. The number of halogens is 3. The molecule has 1 aromatic carbocycles. The molecule has 0 radical (unpaired) electrons. The highest BCUT2D eigenvalue weighted by atomic mass is 19.4. The molecule has 1 saturated heterocycles. The molecule has 1 aliphatic heterocycles. The zero-order valence-electron chi connectivity index (χ0n) is 12.0. The number of rotatable bonds is 4. The number of carbonyl (C=O) groups is 1. The van der Waals surface area contributed by atoms with Gasteiger partial charge in [-0.3, -0.25) is 4.79 Å². The molecule has 1 N–H and O–H groups in total. The molecular formula is C15H18F3NO2. The molecule has 1 atom stereocenters. The minimum Gasteiger partial charge on any atom is -0.406 e. The molecule has 0 saturated carbocycles. The zero-order valence-corrected chi connectivity index (χ0v) is 12.0. The summed E-state index contributed by atoms with van der Waals surface area (Å²) in [6.07, 6.45) is -3.38. The maximum atomic E-state index is 12.5. The van der Waals surface area contributed by atoms with E-state index in [2.05, 4.69) is 10.1 Å². The molecule has 1 unspecified atom stereocenters. The quantitative estimate of drug-likeness (QED) is 0.925. The molecule has 0 aromatic heterocycles. The van der Waals surface area contributed by atoms with E-state index >= 15 is 0 Å². The Morgan fingerprint density at radius 3 is 2.52 bits per heavy atom. The third-order valence-corrected chi connectivity index (χ3v) is 4.00. The summed E-state index contributed by atoms with van der Waals surface area (Å²) in [5.41, 5.74) is -0.0620. The summed E-state index contributed by atoms with van der Waals surface area (Å²) < 4.78 is 41.5. The number of amides is 1. The molecule has 0 bridgehead atoms. The van der Waals surface area contributed by atoms with Crippen LogP contribution in [0, 0.1) is 5.92 Å². The first-order chi connectivity index (χ1) is 9.72. The molecule has 0 aliphatic carbocycles. The Labute approximate surface area is 121 Å². The largest absolute Gasteiger partial charge is 0.573 e. The number of hydrogen-bond donors (Lipinski definition) is 1. The van der Waals surface area contributed by atoms with E-state index in [1.807, 2.05) is 13.8 Å². The average Bonchev–Trinajstić information content (AvgIpc) is 2.73. The minimum absolute atomic E-state index is 0.0575. The summed E-state index contributed by atoms with van der Waals surface area (Å²) in [5, 5.41) is 2.93. The zero-order chi connectivity index (χ0) is 15.7. The van der Waals surface area contributed by atoms with Crippen molar-refractivity contribution < 1.29 is 22.7 Å². The lowest BCUT2D eigenvalue weighted by atomic mass is 9.79. The Bertz CT molecular complexity index is 528. The van der Waals surface area contributed by atoms with Crippen molar-refractivity contribution in [1.29, 1.82) is 0 Å². The van der Waals surface area contributed by atoms with Crippen LogP contribution in [0.1, 0.15) is 32.3 Å². The van der Waals surface area contributed by atoms with E-state index < -0.39 is 11.9 Å². The highest BCUT2D eigenvalue weighted by Crippen LogP contribution is 2.35. The van der Waals surface area contributed by atoms with Crippen molar-refractivity contribution in [2.75, 3.05) is 0 Å². The Morgan fingerprint density at radius 1 is 1.33 bits per heavy atom. The topological polar surface area (TPSA) is 38.3 Å². The van der Waals surface area contributed by atoms with Crippen LogP contribution in [0.5, 0.6) is 5.75 Å². The van der Waals surface area contributed by atoms with Crippen molar-refractivity contribution in [2.24, 2.45) is 5.92 Å². The van der Waals surface area contributed by atoms with Gasteiger partial charge < -0.3 is 10.1 Å². The van der Waals surface area contributed by atoms with Crippen LogP contribution in [0.4, 0.5) is 13.2 Å². The van der Waals surface area contributed by atoms with Crippen LogP contribution < -0.4 is 10.1 Å². The van der Waals surface area contributed by atoms with E-state index in [1.54, 1.807) is 12.1 Å². The molecule has 2 rings (SSSR count). The Kier molecular flexibility index (Phi) is 4.16. The fourth-order valence-electron chi connectivity index (χ4n) is 2.72. The molecular weight excluding hydrogens is 283 g/mol. The van der Waals surface area contributed by atoms with Gasteiger partial charge in [-0.15, -0.1) is 13.2 Å². The summed E-state index contributed by atoms with van der Waals surface area (Å²) in [7, 11) is 0. The molecule has 1 heterocycles. The molecule has 6 heteroatoms. The second-order valence-corrected chi connectivity index (χ2v) is 5.69. The third kappa shape index (κ3) is 3.68. The van der Waals surface area contributed by atoms with Crippen LogP contribution in [-0.2, 0) is 11.2 Å². The lowest BCUT2D eigenvalue weighted by Crippen LogP contribution is -2.48. The molecule has 1 aromatic rings. The van der Waals surface area contributed by atoms with E-state index in [-0.39, 0.29) is 17.6 Å². The monoisotopic (exact) mass is 301 g/mol. The number of hydrogen-bond acceptors (Lipinski definition) is 2. The second kappa shape index (κ2) is 5.58. The van der Waals surface area contributed by atoms with E-state index in [0.717, 1.165) is 0 Å². The predicted molar refractivity (Wildman–Crippen MR) is 71.8 cm³/mol. The van der Waals surface area contributed by atoms with Crippen molar-refractivity contribution in [3.05, 3.63) is 29.8 Å². The van der Waals surface area contributed by atoms with Crippen LogP contribution >= 0.6 is 0 Å². The fourth-order valence-corrected chi connectivity index (χ4v) is 2.72. The van der Waals surface area contributed by atoms with Gasteiger partial charge in [-0.2, -0.15) is 0 Å². The molecule has 1 aliphatic rings. The highest BCUT2D eigenvalue weighted by molar-refractivity contribution is 5.79. The van der Waals surface area contributed by atoms with Crippen LogP contribution in [0.15, 0.2) is 24.3 Å². The first-order valence-electron chi connectivity index (χ1n) is 6.86. The molecule has 1 fully saturated rings. The van der Waals surface area contributed by atoms with Crippen LogP contribution in [0.2, 0.25) is 0 Å². The van der Waals surface area contributed by atoms with Crippen LogP contribution in [0.25, 0.3) is 0 Å². The van der Waals surface area contributed by atoms with Gasteiger partial charge in [-0.25, -0.2) is 0 Å². The van der Waals surface area contributed by atoms with Gasteiger partial charge in [0.1, 0.15) is 5.75 Å². The first kappa shape index (κ1) is 15.7. The minimum atomic E-state index is -4.72. The first-order valence-corrected chi connectivity index (χ1v) is 6.86. The number of nitrogens with one attached hydrogen (secondary N) is 1. The second-order valence-electron chi connectivity index (χ2n) is 5.69. The van der Waals surface area contributed by atoms with Crippen molar-refractivity contribution in [3.8, 4) is 5.75 Å². The van der Waals surface area contributed by atoms with Gasteiger partial charge in [0.2, 0.25) is 5.91 Å². The number of ether oxygens (including phenoxy) is 1. The van der Waals surface area contributed by atoms with Gasteiger partial charge in [-0.1, -0.05) is 32.0 Å². The van der Waals surface area contributed by atoms with Crippen molar-refractivity contribution in [2.45, 2.75) is 45.0 Å². The molecule has 21 heavy (non-hydrogen) atoms. The van der Waals surface area contributed by atoms with Crippen molar-refractivity contribution in [1.82, 2.24) is 5.32 Å². The SMILES string of the molecule is CC(C)C1(Cc2ccccc2OC(F)(F)F)CCC(=O)N1. The molecule has 0 spiro atoms. The Morgan fingerprint density at radius 2 is 2.00 bits per heavy atom. The lowest BCUT2D eigenvalue weighted by Gasteiger charge is -2.34. The third-order valence-electron chi connectivity index (χ3n) is 4.00. The number of benzene rings is 1. The Hall–Kier alpha value is -1.72. The van der Waals surface area contributed by atoms with Gasteiger partial charge in [-0.05, 0) is 30.4 Å². The van der Waals surface area contributed by atoms with E-state index in [4.69, 9.17) is 0 Å². The molecule has 1 amide bonds. The average molecular weight is 301 g/mol. The molecule has 3 nitrogen and oxygen atoms in total. The molecule has 116 valence electrons. The standard InChI is InChI=1S/C15H18F3NO2/c1-10(2)14(8-7-13(20)19-14)9-11-5-3-4-6-12(11)21-15(16,17)18/h3-6,10H,7-9H2,1-2H3,(H,19,20). The van der Waals surface area contributed by atoms with Crippen molar-refractivity contribution in [3.63, 3.8) is 0 Å². The number of para-hydroxylation sites is 1. The Balaban J connectivity index is 2.28. The summed E-state index contributed by atoms with van der Waals surface area (Å²) in [6.45, 7) is 3.91. The summed E-state index contributed by atoms with van der Waals surface area (Å²) >= 11 is 0. The van der Waals surface area contributed by atoms with E-state index in [0.29, 0.717) is 24.8 Å². The summed E-state index contributed by atoms with van der Waals surface area (Å²) in [4.78, 5) is 11.5. The van der Waals surface area contributed by atoms with Crippen LogP contribution in [-0.4, -0.2) is 17.8 Å². The summed E-state index contributed by atoms with van der Waals surface area (Å²) in [5.74, 6) is -0.146. The van der Waals surface area contributed by atoms with Gasteiger partial charge in [0.15, 0.2) is 0 Å². The number of alkyl halides is 3. The van der Waals surface area contributed by atoms with Gasteiger partial charge >= 0.3 is 6.36 Å².